The van der Waals surface area contributed by atoms with E-state index in [-0.39, 0.29) is 72.7 Å². The maximum atomic E-state index is 14.5. The molecule has 0 radical (unpaired) electrons. The first kappa shape index (κ1) is 92.1. The van der Waals surface area contributed by atoms with Crippen LogP contribution in [0.5, 0.6) is 0 Å². The standard InChI is InChI=1S/C44H71FN4O10.C38H61FN4O9/c1-15-34-44(11)36(47-40(52)58-44)29(6)49(41(53)59-42(7,8)9)24-25(2)21-43(10,54-14)37(27(4)35(50)28(5)38(51)56-34)57-39-26(3)33(48(12)13)20-32(55-39)23-46-22-30-16-18-31(45)19-17-30;1-11-29-38(7)32(42-36(47)52-38)24(5)41-18-21(2)17-37(6,48-10)33(22(3)30(44)23(4)34(46)50-29)51-35-31(45)28(43(8)9)16-27(49-35)20-40-19-25-12-14-26(39)15-13-25/h16-19,25-29,32-34,36-37,39,46H,15,20-24H2,1-14H3,(H,47,52);12-15,21-24,27-29,31-33,35,40-41,45H,11,16-20H2,1-10H3,(H,42,47)/t25-,26?,27+,28?,29-,32?,33?,34-,36-,37-,39+,43-,44-;21-,22+,23?,24-,27?,28?,29-,31?,32-,33-,35+,37-,38-/m11/s1. The van der Waals surface area contributed by atoms with E-state index in [1.165, 1.54) is 38.1 Å². The number of methoxy groups -OCH3 is 2. The molecule has 2 aromatic rings. The predicted octanol–water partition coefficient (Wildman–Crippen LogP) is 9.24. The van der Waals surface area contributed by atoms with E-state index < -0.39 is 155 Å². The summed E-state index contributed by atoms with van der Waals surface area (Å²) in [6, 6.07) is 10.1. The molecule has 0 spiro atoms. The van der Waals surface area contributed by atoms with Crippen LogP contribution in [0.15, 0.2) is 48.5 Å². The number of ketones is 2. The van der Waals surface area contributed by atoms with Crippen LogP contribution in [0.3, 0.4) is 0 Å². The number of Topliss-reactive ketones (excluding diaryl/α,β-unsaturated/α-hetero) is 2. The lowest BCUT2D eigenvalue weighted by atomic mass is 9.78. The van der Waals surface area contributed by atoms with Gasteiger partial charge in [-0.3, -0.25) is 19.2 Å². The summed E-state index contributed by atoms with van der Waals surface area (Å²) >= 11 is 0. The van der Waals surface area contributed by atoms with Crippen molar-refractivity contribution in [3.8, 4) is 0 Å². The van der Waals surface area contributed by atoms with Crippen molar-refractivity contribution in [3.63, 3.8) is 0 Å². The maximum absolute atomic E-state index is 14.5. The number of likely N-dealkylation sites (N-methyl/N-ethyl adjacent to an activating group) is 1. The number of aliphatic hydroxyl groups excluding tert-OH is 1. The predicted molar refractivity (Wildman–Crippen MR) is 412 cm³/mol. The minimum atomic E-state index is -1.40. The molecule has 3 amide bonds. The van der Waals surface area contributed by atoms with Crippen LogP contribution in [0.2, 0.25) is 0 Å². The van der Waals surface area contributed by atoms with Crippen molar-refractivity contribution in [2.75, 3.05) is 68.6 Å². The number of fused-ring (bicyclic) bond motifs is 2. The molecule has 0 aromatic heterocycles. The van der Waals surface area contributed by atoms with E-state index in [1.54, 1.807) is 98.8 Å². The number of ether oxygens (including phenoxy) is 11. The average Bonchev–Trinajstić information content (AvgIpc) is 1.66. The molecule has 26 atom stereocenters. The Labute approximate surface area is 657 Å². The number of cyclic esters (lactones) is 2. The van der Waals surface area contributed by atoms with Crippen molar-refractivity contribution in [3.05, 3.63) is 71.3 Å². The lowest BCUT2D eigenvalue weighted by molar-refractivity contribution is -0.297. The second kappa shape index (κ2) is 39.0. The minimum Gasteiger partial charge on any atom is -0.458 e. The van der Waals surface area contributed by atoms with E-state index in [4.69, 9.17) is 52.1 Å². The number of carbonyl (C=O) groups is 7. The van der Waals surface area contributed by atoms with Crippen LogP contribution in [0, 0.1) is 53.1 Å². The Morgan fingerprint density at radius 1 is 0.622 bits per heavy atom. The van der Waals surface area contributed by atoms with Gasteiger partial charge in [-0.2, -0.15) is 0 Å². The van der Waals surface area contributed by atoms with Gasteiger partial charge in [-0.15, -0.1) is 0 Å². The van der Waals surface area contributed by atoms with E-state index >= 15 is 0 Å². The number of esters is 2. The van der Waals surface area contributed by atoms with E-state index in [2.05, 4.69) is 45.3 Å². The zero-order valence-corrected chi connectivity index (χ0v) is 70.2. The molecule has 8 unspecified atom stereocenters. The Balaban J connectivity index is 0.000000311. The van der Waals surface area contributed by atoms with Gasteiger partial charge in [0.1, 0.15) is 47.4 Å². The van der Waals surface area contributed by atoms with Gasteiger partial charge in [0.05, 0.1) is 53.7 Å². The molecule has 29 heteroatoms. The molecule has 6 aliphatic heterocycles. The third-order valence-electron chi connectivity index (χ3n) is 23.8. The number of hydrogen-bond donors (Lipinski definition) is 6. The molecule has 628 valence electrons. The molecule has 111 heavy (non-hydrogen) atoms. The number of amides is 3. The first-order valence-electron chi connectivity index (χ1n) is 39.7. The van der Waals surface area contributed by atoms with Crippen LogP contribution in [0.25, 0.3) is 0 Å². The lowest BCUT2D eigenvalue weighted by Crippen LogP contribution is -2.62. The number of nitrogens with one attached hydrogen (secondary N) is 5. The lowest BCUT2D eigenvalue weighted by Gasteiger charge is -2.48. The average molecular weight is 1570 g/mol. The van der Waals surface area contributed by atoms with Crippen LogP contribution >= 0.6 is 0 Å². The molecule has 0 bridgehead atoms. The molecule has 6 heterocycles. The van der Waals surface area contributed by atoms with Gasteiger partial charge >= 0.3 is 30.2 Å². The molecule has 6 fully saturated rings. The molecule has 27 nitrogen and oxygen atoms in total. The van der Waals surface area contributed by atoms with Crippen molar-refractivity contribution in [1.29, 1.82) is 0 Å². The van der Waals surface area contributed by atoms with Gasteiger partial charge in [-0.05, 0) is 197 Å². The molecule has 6 aliphatic rings. The summed E-state index contributed by atoms with van der Waals surface area (Å²) in [5, 5.41) is 27.8. The van der Waals surface area contributed by atoms with E-state index in [9.17, 15) is 47.4 Å². The first-order chi connectivity index (χ1) is 51.9. The second-order valence-corrected chi connectivity index (χ2v) is 34.4. The summed E-state index contributed by atoms with van der Waals surface area (Å²) in [6.07, 6.45) is -6.52. The molecule has 8 rings (SSSR count). The fraction of sp³-hybridized carbons (Fsp3) is 0.768. The smallest absolute Gasteiger partial charge is 0.410 e. The highest BCUT2D eigenvalue weighted by Crippen LogP contribution is 2.43. The molecule has 0 saturated carbocycles. The fourth-order valence-corrected chi connectivity index (χ4v) is 17.3. The second-order valence-electron chi connectivity index (χ2n) is 34.4. The normalized spacial score (nSPS) is 37.9. The summed E-state index contributed by atoms with van der Waals surface area (Å²) < 4.78 is 96.1. The van der Waals surface area contributed by atoms with Crippen molar-refractivity contribution in [2.45, 2.75) is 296 Å². The SMILES string of the molecule is CC[C@H]1OC(=O)C(C)C(=O)[C@H](C)[C@@H](O[C@@H]2OC(CNCc3ccc(F)cc3)CC(N(C)C)C2C)[C@](C)(OC)C[C@@H](C)CN(C(=O)OC(C)(C)C)[C@H](C)[C@H]2NC(=O)O[C@@]21C.CC[C@H]1OC(=O)C(C)C(=O)[C@H](C)[C@@H](O[C@@H]2OC(CNCc3ccc(F)cc3)CC(N(C)C)C2O)[C@](C)(OC)C[C@@H](C)CN[C@H](C)[C@H]2NC(=O)O[C@@]21C. The van der Waals surface area contributed by atoms with Gasteiger partial charge < -0.3 is 98.5 Å². The molecule has 2 aromatic carbocycles. The number of nitrogens with zero attached hydrogens (tertiary/aromatic N) is 3. The van der Waals surface area contributed by atoms with Crippen LogP contribution in [0.1, 0.15) is 174 Å². The number of rotatable bonds is 18. The van der Waals surface area contributed by atoms with Crippen LogP contribution in [0.4, 0.5) is 23.2 Å². The zero-order valence-electron chi connectivity index (χ0n) is 70.2. The highest BCUT2D eigenvalue weighted by Gasteiger charge is 2.59. The molecule has 6 N–H and O–H groups in total. The number of carbonyl (C=O) groups excluding carboxylic acids is 7. The van der Waals surface area contributed by atoms with Gasteiger partial charge in [-0.1, -0.05) is 72.7 Å². The largest absolute Gasteiger partial charge is 0.458 e. The van der Waals surface area contributed by atoms with Crippen LogP contribution in [-0.4, -0.2) is 250 Å². The number of hydrogen-bond acceptors (Lipinski definition) is 24. The molecular weight excluding hydrogens is 1440 g/mol. The Hall–Kier alpha value is -6.09. The van der Waals surface area contributed by atoms with E-state index in [0.717, 1.165) is 11.1 Å². The Morgan fingerprint density at radius 3 is 1.47 bits per heavy atom. The molecule has 0 aliphatic carbocycles. The van der Waals surface area contributed by atoms with Crippen molar-refractivity contribution >= 4 is 41.8 Å². The minimum absolute atomic E-state index is 0.0115. The Bertz CT molecular complexity index is 3410. The van der Waals surface area contributed by atoms with E-state index in [1.807, 2.05) is 74.6 Å². The first-order valence-corrected chi connectivity index (χ1v) is 39.7. The zero-order chi connectivity index (χ0) is 82.7. The third-order valence-corrected chi connectivity index (χ3v) is 23.8. The number of alkyl carbamates (subject to hydrolysis) is 2. The topological polar surface area (TPSA) is 311 Å². The highest BCUT2D eigenvalue weighted by atomic mass is 19.1. The summed E-state index contributed by atoms with van der Waals surface area (Å²) in [5.41, 5.74) is -3.76. The summed E-state index contributed by atoms with van der Waals surface area (Å²) in [7, 11) is 10.9. The molecule has 6 saturated heterocycles. The van der Waals surface area contributed by atoms with Gasteiger partial charge in [0.25, 0.3) is 0 Å². The van der Waals surface area contributed by atoms with Crippen LogP contribution in [-0.2, 0) is 84.4 Å². The van der Waals surface area contributed by atoms with E-state index in [0.29, 0.717) is 64.8 Å². The quantitative estimate of drug-likeness (QED) is 0.0460. The number of benzene rings is 2. The summed E-state index contributed by atoms with van der Waals surface area (Å²) in [6.45, 7) is 35.2. The Morgan fingerprint density at radius 2 is 1.04 bits per heavy atom. The summed E-state index contributed by atoms with van der Waals surface area (Å²) in [5.74, 6) is -7.51. The van der Waals surface area contributed by atoms with Crippen molar-refractivity contribution in [1.82, 2.24) is 41.3 Å². The van der Waals surface area contributed by atoms with Gasteiger partial charge in [0, 0.05) is 82.8 Å². The number of aliphatic hydroxyl groups is 1. The van der Waals surface area contributed by atoms with Gasteiger partial charge in [0.2, 0.25) is 0 Å². The monoisotopic (exact) mass is 1570 g/mol. The summed E-state index contributed by atoms with van der Waals surface area (Å²) in [4.78, 5) is 102. The van der Waals surface area contributed by atoms with Crippen LogP contribution < -0.4 is 26.6 Å². The van der Waals surface area contributed by atoms with Gasteiger partial charge in [0.15, 0.2) is 35.3 Å². The van der Waals surface area contributed by atoms with Crippen molar-refractivity contribution < 1.29 is 99.6 Å². The highest BCUT2D eigenvalue weighted by molar-refractivity contribution is 6.00. The third kappa shape index (κ3) is 22.7. The number of halogens is 2. The van der Waals surface area contributed by atoms with Crippen molar-refractivity contribution in [2.24, 2.45) is 41.4 Å². The Kier molecular flexibility index (Phi) is 32.4. The van der Waals surface area contributed by atoms with Gasteiger partial charge in [-0.25, -0.2) is 23.2 Å². The maximum Gasteiger partial charge on any atom is 0.410 e. The molecular formula is C82H132F2N8O19. The fourth-order valence-electron chi connectivity index (χ4n) is 17.3.